The Hall–Kier alpha value is -1.40. The van der Waals surface area contributed by atoms with Crippen LogP contribution in [-0.4, -0.2) is 29.1 Å². The number of aliphatic hydroxyl groups is 1. The van der Waals surface area contributed by atoms with E-state index in [9.17, 15) is 14.7 Å². The van der Waals surface area contributed by atoms with Crippen LogP contribution in [0.3, 0.4) is 0 Å². The van der Waals surface area contributed by atoms with Gasteiger partial charge in [-0.05, 0) is 25.0 Å². The fraction of sp³-hybridized carbons (Fsp3) is 0.538. The molecule has 3 N–H and O–H groups in total. The lowest BCUT2D eigenvalue weighted by Gasteiger charge is -2.21. The number of amides is 2. The summed E-state index contributed by atoms with van der Waals surface area (Å²) in [6.07, 6.45) is 3.51. The van der Waals surface area contributed by atoms with Gasteiger partial charge in [0.1, 0.15) is 0 Å². The largest absolute Gasteiger partial charge is 0.388 e. The van der Waals surface area contributed by atoms with Crippen molar-refractivity contribution in [3.63, 3.8) is 0 Å². The Kier molecular flexibility index (Phi) is 4.21. The van der Waals surface area contributed by atoms with E-state index >= 15 is 0 Å². The lowest BCUT2D eigenvalue weighted by atomic mass is 10.0. The first-order chi connectivity index (χ1) is 8.98. The minimum atomic E-state index is -0.743. The monoisotopic (exact) mass is 282 g/mol. The maximum Gasteiger partial charge on any atom is 0.261 e. The molecule has 19 heavy (non-hydrogen) atoms. The Balaban J connectivity index is 1.89. The highest BCUT2D eigenvalue weighted by Crippen LogP contribution is 2.29. The first-order valence-electron chi connectivity index (χ1n) is 6.37. The van der Waals surface area contributed by atoms with E-state index in [-0.39, 0.29) is 11.8 Å². The van der Waals surface area contributed by atoms with Crippen molar-refractivity contribution < 1.29 is 14.7 Å². The van der Waals surface area contributed by atoms with Crippen LogP contribution in [0.4, 0.5) is 5.00 Å². The topological polar surface area (TPSA) is 78.4 Å². The van der Waals surface area contributed by atoms with Crippen LogP contribution in [-0.2, 0) is 4.79 Å². The fourth-order valence-corrected chi connectivity index (χ4v) is 3.11. The average molecular weight is 282 g/mol. The molecule has 2 amide bonds. The third-order valence-corrected chi connectivity index (χ3v) is 4.24. The van der Waals surface area contributed by atoms with Gasteiger partial charge in [0.2, 0.25) is 5.91 Å². The van der Waals surface area contributed by atoms with Crippen molar-refractivity contribution in [2.45, 2.75) is 38.2 Å². The predicted molar refractivity (Wildman–Crippen MR) is 74.4 cm³/mol. The van der Waals surface area contributed by atoms with Crippen molar-refractivity contribution in [1.82, 2.24) is 5.32 Å². The van der Waals surface area contributed by atoms with E-state index in [4.69, 9.17) is 0 Å². The lowest BCUT2D eigenvalue weighted by Crippen LogP contribution is -2.40. The molecule has 0 aliphatic heterocycles. The second-order valence-corrected chi connectivity index (χ2v) is 6.04. The molecule has 1 heterocycles. The van der Waals surface area contributed by atoms with Crippen molar-refractivity contribution in [2.75, 3.05) is 11.9 Å². The zero-order valence-electron chi connectivity index (χ0n) is 10.9. The van der Waals surface area contributed by atoms with E-state index < -0.39 is 5.60 Å². The van der Waals surface area contributed by atoms with Crippen LogP contribution in [0.5, 0.6) is 0 Å². The smallest absolute Gasteiger partial charge is 0.261 e. The van der Waals surface area contributed by atoms with E-state index in [1.54, 1.807) is 12.1 Å². The summed E-state index contributed by atoms with van der Waals surface area (Å²) in [7, 11) is 0. The number of hydrogen-bond acceptors (Lipinski definition) is 4. The van der Waals surface area contributed by atoms with Gasteiger partial charge in [0.15, 0.2) is 0 Å². The Bertz CT molecular complexity index is 478. The van der Waals surface area contributed by atoms with Crippen LogP contribution in [0.2, 0.25) is 0 Å². The van der Waals surface area contributed by atoms with Crippen LogP contribution in [0.1, 0.15) is 42.3 Å². The molecule has 0 spiro atoms. The highest BCUT2D eigenvalue weighted by atomic mass is 32.1. The second-order valence-electron chi connectivity index (χ2n) is 4.96. The van der Waals surface area contributed by atoms with Gasteiger partial charge in [-0.1, -0.05) is 12.8 Å². The molecule has 0 atom stereocenters. The molecule has 0 saturated heterocycles. The second kappa shape index (κ2) is 5.71. The standard InChI is InChI=1S/C13H18N2O3S/c1-9(16)15-11-5-4-10(19-11)12(17)14-8-13(18)6-2-3-7-13/h4-5,18H,2-3,6-8H2,1H3,(H,14,17)(H,15,16). The van der Waals surface area contributed by atoms with E-state index in [0.717, 1.165) is 25.7 Å². The SMILES string of the molecule is CC(=O)Nc1ccc(C(=O)NCC2(O)CCCC2)s1. The van der Waals surface area contributed by atoms with Crippen LogP contribution < -0.4 is 10.6 Å². The quantitative estimate of drug-likeness (QED) is 0.787. The molecule has 1 aromatic rings. The molecule has 6 heteroatoms. The first-order valence-corrected chi connectivity index (χ1v) is 7.18. The summed E-state index contributed by atoms with van der Waals surface area (Å²) in [5.41, 5.74) is -0.743. The van der Waals surface area contributed by atoms with Gasteiger partial charge in [0, 0.05) is 13.5 Å². The van der Waals surface area contributed by atoms with Gasteiger partial charge in [0.05, 0.1) is 15.5 Å². The molecule has 0 aromatic carbocycles. The highest BCUT2D eigenvalue weighted by molar-refractivity contribution is 7.18. The van der Waals surface area contributed by atoms with Gasteiger partial charge >= 0.3 is 0 Å². The number of carbonyl (C=O) groups excluding carboxylic acids is 2. The summed E-state index contributed by atoms with van der Waals surface area (Å²) in [4.78, 5) is 23.3. The van der Waals surface area contributed by atoms with Crippen LogP contribution in [0.15, 0.2) is 12.1 Å². The Morgan fingerprint density at radius 3 is 2.68 bits per heavy atom. The van der Waals surface area contributed by atoms with Crippen molar-refractivity contribution in [2.24, 2.45) is 0 Å². The third kappa shape index (κ3) is 3.78. The lowest BCUT2D eigenvalue weighted by molar-refractivity contribution is -0.114. The number of nitrogens with one attached hydrogen (secondary N) is 2. The van der Waals surface area contributed by atoms with Gasteiger partial charge in [0.25, 0.3) is 5.91 Å². The average Bonchev–Trinajstić information content (AvgIpc) is 2.95. The zero-order chi connectivity index (χ0) is 13.9. The normalized spacial score (nSPS) is 17.2. The summed E-state index contributed by atoms with van der Waals surface area (Å²) < 4.78 is 0. The maximum atomic E-state index is 11.9. The molecule has 2 rings (SSSR count). The molecule has 0 bridgehead atoms. The van der Waals surface area contributed by atoms with Gasteiger partial charge < -0.3 is 15.7 Å². The summed E-state index contributed by atoms with van der Waals surface area (Å²) in [6, 6.07) is 3.37. The van der Waals surface area contributed by atoms with E-state index in [0.29, 0.717) is 16.4 Å². The molecule has 1 saturated carbocycles. The van der Waals surface area contributed by atoms with Gasteiger partial charge in [-0.25, -0.2) is 0 Å². The molecule has 5 nitrogen and oxygen atoms in total. The molecule has 1 aliphatic rings. The molecule has 1 aromatic heterocycles. The van der Waals surface area contributed by atoms with Crippen molar-refractivity contribution in [3.05, 3.63) is 17.0 Å². The Morgan fingerprint density at radius 2 is 2.05 bits per heavy atom. The van der Waals surface area contributed by atoms with Crippen molar-refractivity contribution in [1.29, 1.82) is 0 Å². The van der Waals surface area contributed by atoms with Gasteiger partial charge in [-0.3, -0.25) is 9.59 Å². The summed E-state index contributed by atoms with van der Waals surface area (Å²) in [5, 5.41) is 16.2. The Morgan fingerprint density at radius 1 is 1.37 bits per heavy atom. The summed E-state index contributed by atoms with van der Waals surface area (Å²) in [6.45, 7) is 1.72. The summed E-state index contributed by atoms with van der Waals surface area (Å²) >= 11 is 1.23. The van der Waals surface area contributed by atoms with E-state index in [1.165, 1.54) is 18.3 Å². The van der Waals surface area contributed by atoms with Gasteiger partial charge in [-0.15, -0.1) is 11.3 Å². The zero-order valence-corrected chi connectivity index (χ0v) is 11.7. The molecule has 0 unspecified atom stereocenters. The first kappa shape index (κ1) is 14.0. The third-order valence-electron chi connectivity index (χ3n) is 3.24. The summed E-state index contributed by atoms with van der Waals surface area (Å²) in [5.74, 6) is -0.365. The van der Waals surface area contributed by atoms with Crippen LogP contribution >= 0.6 is 11.3 Å². The highest BCUT2D eigenvalue weighted by Gasteiger charge is 2.31. The molecule has 1 fully saturated rings. The van der Waals surface area contributed by atoms with E-state index in [1.807, 2.05) is 0 Å². The number of thiophene rings is 1. The van der Waals surface area contributed by atoms with Gasteiger partial charge in [-0.2, -0.15) is 0 Å². The number of hydrogen-bond donors (Lipinski definition) is 3. The molecule has 104 valence electrons. The van der Waals surface area contributed by atoms with Crippen LogP contribution in [0.25, 0.3) is 0 Å². The van der Waals surface area contributed by atoms with Crippen LogP contribution in [0, 0.1) is 0 Å². The maximum absolute atomic E-state index is 11.9. The minimum Gasteiger partial charge on any atom is -0.388 e. The number of rotatable bonds is 4. The molecular formula is C13H18N2O3S. The minimum absolute atomic E-state index is 0.158. The predicted octanol–water partition coefficient (Wildman–Crippen LogP) is 1.74. The number of carbonyl (C=O) groups is 2. The molecule has 1 aliphatic carbocycles. The number of anilines is 1. The molecular weight excluding hydrogens is 264 g/mol. The Labute approximate surface area is 116 Å². The molecule has 0 radical (unpaired) electrons. The van der Waals surface area contributed by atoms with E-state index in [2.05, 4.69) is 10.6 Å². The van der Waals surface area contributed by atoms with Crippen molar-refractivity contribution in [3.8, 4) is 0 Å². The fourth-order valence-electron chi connectivity index (χ4n) is 2.24. The van der Waals surface area contributed by atoms with Crippen molar-refractivity contribution >= 4 is 28.2 Å².